The smallest absolute Gasteiger partial charge is 0.271 e. The van der Waals surface area contributed by atoms with Gasteiger partial charge in [0.15, 0.2) is 16.3 Å². The predicted octanol–water partition coefficient (Wildman–Crippen LogP) is 7.01. The van der Waals surface area contributed by atoms with Gasteiger partial charge in [-0.1, -0.05) is 90.2 Å². The molecule has 0 fully saturated rings. The largest absolute Gasteiger partial charge is 0.497 e. The van der Waals surface area contributed by atoms with E-state index in [9.17, 15) is 9.59 Å². The fourth-order valence-corrected chi connectivity index (χ4v) is 7.23. The minimum absolute atomic E-state index is 0.256. The van der Waals surface area contributed by atoms with Crippen molar-refractivity contribution in [1.29, 1.82) is 0 Å². The number of carbonyl (C=O) groups is 1. The maximum Gasteiger partial charge on any atom is 0.271 e. The molecule has 8 nitrogen and oxygen atoms in total. The third kappa shape index (κ3) is 6.55. The minimum Gasteiger partial charge on any atom is -0.497 e. The Morgan fingerprint density at radius 3 is 2.50 bits per heavy atom. The van der Waals surface area contributed by atoms with Crippen LogP contribution in [0.15, 0.2) is 136 Å². The third-order valence-corrected chi connectivity index (χ3v) is 9.52. The van der Waals surface area contributed by atoms with E-state index in [0.29, 0.717) is 56.8 Å². The average Bonchev–Trinajstić information content (AvgIpc) is 3.44. The Kier molecular flexibility index (Phi) is 9.31. The fourth-order valence-electron chi connectivity index (χ4n) is 6.19. The summed E-state index contributed by atoms with van der Waals surface area (Å²) in [5, 5.41) is 5.28. The Morgan fingerprint density at radius 2 is 1.68 bits per heavy atom. The van der Waals surface area contributed by atoms with Gasteiger partial charge in [0.1, 0.15) is 12.4 Å². The molecule has 0 aliphatic carbocycles. The van der Waals surface area contributed by atoms with Crippen LogP contribution in [0.25, 0.3) is 16.8 Å². The lowest BCUT2D eigenvalue weighted by atomic mass is 9.95. The van der Waals surface area contributed by atoms with E-state index >= 15 is 0 Å². The molecule has 50 heavy (non-hydrogen) atoms. The van der Waals surface area contributed by atoms with Gasteiger partial charge in [0, 0.05) is 5.69 Å². The third-order valence-electron chi connectivity index (χ3n) is 8.54. The lowest BCUT2D eigenvalue weighted by Gasteiger charge is -2.25. The molecular weight excluding hydrogens is 647 g/mol. The second kappa shape index (κ2) is 14.3. The molecule has 6 aromatic rings. The number of hydrogen-bond donors (Lipinski definition) is 1. The molecule has 1 N–H and O–H groups in total. The summed E-state index contributed by atoms with van der Waals surface area (Å²) < 4.78 is 19.9. The second-order valence-corrected chi connectivity index (χ2v) is 12.8. The summed E-state index contributed by atoms with van der Waals surface area (Å²) in [4.78, 5) is 33.4. The molecule has 1 aliphatic heterocycles. The van der Waals surface area contributed by atoms with Crippen molar-refractivity contribution in [1.82, 2.24) is 4.57 Å². The highest BCUT2D eigenvalue weighted by Crippen LogP contribution is 2.33. The molecule has 0 spiro atoms. The minimum atomic E-state index is -0.726. The predicted molar refractivity (Wildman–Crippen MR) is 198 cm³/mol. The highest BCUT2D eigenvalue weighted by molar-refractivity contribution is 7.07. The second-order valence-electron chi connectivity index (χ2n) is 11.7. The molecule has 1 atom stereocenters. The Labute approximate surface area is 293 Å². The number of amides is 1. The number of rotatable bonds is 10. The summed E-state index contributed by atoms with van der Waals surface area (Å²) in [6.07, 6.45) is 1.83. The van der Waals surface area contributed by atoms with E-state index in [1.54, 1.807) is 18.6 Å². The van der Waals surface area contributed by atoms with Crippen molar-refractivity contribution in [3.63, 3.8) is 0 Å². The zero-order valence-corrected chi connectivity index (χ0v) is 28.7. The van der Waals surface area contributed by atoms with E-state index in [0.717, 1.165) is 27.5 Å². The quantitative estimate of drug-likeness (QED) is 0.168. The van der Waals surface area contributed by atoms with Gasteiger partial charge in [-0.2, -0.15) is 0 Å². The topological polar surface area (TPSA) is 91.2 Å². The molecule has 9 heteroatoms. The van der Waals surface area contributed by atoms with Gasteiger partial charge < -0.3 is 19.5 Å². The van der Waals surface area contributed by atoms with Gasteiger partial charge in [-0.15, -0.1) is 0 Å². The molecule has 7 rings (SSSR count). The van der Waals surface area contributed by atoms with E-state index in [4.69, 9.17) is 19.2 Å². The van der Waals surface area contributed by atoms with Crippen LogP contribution in [0.5, 0.6) is 17.2 Å². The number of benzene rings is 5. The first-order chi connectivity index (χ1) is 24.4. The van der Waals surface area contributed by atoms with E-state index in [1.165, 1.54) is 11.3 Å². The summed E-state index contributed by atoms with van der Waals surface area (Å²) in [5.74, 6) is 1.48. The zero-order valence-electron chi connectivity index (χ0n) is 27.9. The first-order valence-corrected chi connectivity index (χ1v) is 17.1. The van der Waals surface area contributed by atoms with Crippen molar-refractivity contribution in [3.05, 3.63) is 163 Å². The number of ether oxygens (including phenoxy) is 3. The molecule has 2 heterocycles. The maximum atomic E-state index is 14.3. The van der Waals surface area contributed by atoms with Gasteiger partial charge in [-0.3, -0.25) is 14.2 Å². The molecular formula is C41H35N3O5S. The van der Waals surface area contributed by atoms with Crippen LogP contribution in [-0.4, -0.2) is 24.2 Å². The first kappa shape index (κ1) is 32.6. The summed E-state index contributed by atoms with van der Waals surface area (Å²) in [6, 6.07) is 36.0. The van der Waals surface area contributed by atoms with Gasteiger partial charge in [-0.25, -0.2) is 4.99 Å². The first-order valence-electron chi connectivity index (χ1n) is 16.3. The summed E-state index contributed by atoms with van der Waals surface area (Å²) in [5.41, 5.74) is 3.89. The van der Waals surface area contributed by atoms with Crippen LogP contribution in [0.1, 0.15) is 36.6 Å². The Morgan fingerprint density at radius 1 is 0.900 bits per heavy atom. The summed E-state index contributed by atoms with van der Waals surface area (Å²) in [7, 11) is 1.59. The number of allylic oxidation sites excluding steroid dienone is 1. The van der Waals surface area contributed by atoms with Gasteiger partial charge in [0.2, 0.25) is 0 Å². The van der Waals surface area contributed by atoms with Crippen molar-refractivity contribution in [3.8, 4) is 17.2 Å². The van der Waals surface area contributed by atoms with Crippen LogP contribution in [-0.2, 0) is 11.4 Å². The van der Waals surface area contributed by atoms with Gasteiger partial charge in [0.05, 0.1) is 35.6 Å². The molecule has 0 unspecified atom stereocenters. The van der Waals surface area contributed by atoms with Crippen LogP contribution in [0, 0.1) is 0 Å². The lowest BCUT2D eigenvalue weighted by Crippen LogP contribution is -2.40. The number of hydrogen-bond acceptors (Lipinski definition) is 7. The molecule has 5 aromatic carbocycles. The monoisotopic (exact) mass is 681 g/mol. The van der Waals surface area contributed by atoms with Gasteiger partial charge in [-0.05, 0) is 83.8 Å². The average molecular weight is 682 g/mol. The highest BCUT2D eigenvalue weighted by atomic mass is 32.1. The standard InChI is InChI=1S/C41H35N3O5S/c1-4-48-35-22-27(20-21-34(35)49-25-30-15-10-13-28-12-8-9-19-33(28)30)23-36-40(46)44-38(29-14-11-18-32(24-29)47-3)37(26(2)42-41(44)50-36)39(45)43-31-16-6-5-7-17-31/h5-24,38H,4,25H2,1-3H3,(H,43,45)/b36-23-/t38-/m1/s1. The molecule has 250 valence electrons. The molecule has 0 radical (unpaired) electrons. The number of para-hydroxylation sites is 1. The molecule has 0 saturated carbocycles. The molecule has 1 aliphatic rings. The number of anilines is 1. The molecule has 0 bridgehead atoms. The van der Waals surface area contributed by atoms with Gasteiger partial charge >= 0.3 is 0 Å². The van der Waals surface area contributed by atoms with Crippen LogP contribution in [0.4, 0.5) is 5.69 Å². The molecule has 1 aromatic heterocycles. The Bertz CT molecular complexity index is 2430. The number of nitrogens with one attached hydrogen (secondary N) is 1. The maximum absolute atomic E-state index is 14.3. The van der Waals surface area contributed by atoms with Crippen molar-refractivity contribution < 1.29 is 19.0 Å². The van der Waals surface area contributed by atoms with Crippen LogP contribution < -0.4 is 34.4 Å². The van der Waals surface area contributed by atoms with Crippen molar-refractivity contribution in [2.24, 2.45) is 4.99 Å². The number of carbonyl (C=O) groups excluding carboxylic acids is 1. The van der Waals surface area contributed by atoms with E-state index in [1.807, 2.05) is 104 Å². The van der Waals surface area contributed by atoms with Crippen molar-refractivity contribution in [2.75, 3.05) is 19.0 Å². The number of fused-ring (bicyclic) bond motifs is 2. The van der Waals surface area contributed by atoms with E-state index < -0.39 is 6.04 Å². The van der Waals surface area contributed by atoms with E-state index in [-0.39, 0.29) is 11.5 Å². The number of thiazole rings is 1. The van der Waals surface area contributed by atoms with Crippen LogP contribution in [0.2, 0.25) is 0 Å². The molecule has 0 saturated heterocycles. The lowest BCUT2D eigenvalue weighted by molar-refractivity contribution is -0.113. The zero-order chi connectivity index (χ0) is 34.6. The SMILES string of the molecule is CCOc1cc(/C=c2\sc3n(c2=O)[C@H](c2cccc(OC)c2)C(C(=O)Nc2ccccc2)=C(C)N=3)ccc1OCc1cccc2ccccc12. The van der Waals surface area contributed by atoms with Crippen molar-refractivity contribution >= 4 is 39.8 Å². The number of methoxy groups -OCH3 is 1. The number of aromatic nitrogens is 1. The van der Waals surface area contributed by atoms with E-state index in [2.05, 4.69) is 29.6 Å². The van der Waals surface area contributed by atoms with Gasteiger partial charge in [0.25, 0.3) is 11.5 Å². The summed E-state index contributed by atoms with van der Waals surface area (Å²) in [6.45, 7) is 4.55. The van der Waals surface area contributed by atoms with Crippen molar-refractivity contribution in [2.45, 2.75) is 26.5 Å². The fraction of sp³-hybridized carbons (Fsp3) is 0.146. The van der Waals surface area contributed by atoms with Crippen LogP contribution in [0.3, 0.4) is 0 Å². The normalized spacial score (nSPS) is 14.2. The van der Waals surface area contributed by atoms with Crippen LogP contribution >= 0.6 is 11.3 Å². The molecule has 1 amide bonds. The summed E-state index contributed by atoms with van der Waals surface area (Å²) >= 11 is 1.28. The Balaban J connectivity index is 1.26. The highest BCUT2D eigenvalue weighted by Gasteiger charge is 2.32. The number of nitrogens with zero attached hydrogens (tertiary/aromatic N) is 2. The Hall–Kier alpha value is -5.93.